The fraction of sp³-hybridized carbons (Fsp3) is 0.417. The van der Waals surface area contributed by atoms with Crippen LogP contribution < -0.4 is 0 Å². The van der Waals surface area contributed by atoms with Gasteiger partial charge in [0.15, 0.2) is 0 Å². The highest BCUT2D eigenvalue weighted by Crippen LogP contribution is 2.35. The average Bonchev–Trinajstić information content (AvgIpc) is 2.73. The van der Waals surface area contributed by atoms with Crippen molar-refractivity contribution in [2.24, 2.45) is 5.41 Å². The molecule has 0 saturated carbocycles. The van der Waals surface area contributed by atoms with Crippen LogP contribution in [0.4, 0.5) is 4.39 Å². The number of aliphatic carboxylic acids is 1. The Labute approximate surface area is 121 Å². The van der Waals surface area contributed by atoms with Crippen LogP contribution in [-0.2, 0) is 14.8 Å². The minimum Gasteiger partial charge on any atom is -0.481 e. The molecule has 0 amide bonds. The van der Waals surface area contributed by atoms with Crippen molar-refractivity contribution in [1.29, 1.82) is 0 Å². The Bertz CT molecular complexity index is 663. The molecule has 20 heavy (non-hydrogen) atoms. The smallest absolute Gasteiger partial charge is 0.310 e. The maximum absolute atomic E-state index is 13.0. The van der Waals surface area contributed by atoms with Gasteiger partial charge in [0.1, 0.15) is 10.7 Å². The Kier molecular flexibility index (Phi) is 3.79. The Morgan fingerprint density at radius 1 is 1.50 bits per heavy atom. The van der Waals surface area contributed by atoms with Crippen molar-refractivity contribution in [2.75, 3.05) is 13.1 Å². The fourth-order valence-corrected chi connectivity index (χ4v) is 4.19. The number of carboxylic acids is 1. The lowest BCUT2D eigenvalue weighted by Crippen LogP contribution is -2.35. The molecule has 1 aliphatic heterocycles. The van der Waals surface area contributed by atoms with Crippen molar-refractivity contribution in [3.63, 3.8) is 0 Å². The van der Waals surface area contributed by atoms with E-state index >= 15 is 0 Å². The molecule has 1 aromatic carbocycles. The van der Waals surface area contributed by atoms with Crippen LogP contribution in [-0.4, -0.2) is 36.9 Å². The van der Waals surface area contributed by atoms with E-state index in [9.17, 15) is 17.6 Å². The van der Waals surface area contributed by atoms with Crippen LogP contribution in [0.2, 0.25) is 5.02 Å². The van der Waals surface area contributed by atoms with Crippen molar-refractivity contribution in [3.8, 4) is 0 Å². The summed E-state index contributed by atoms with van der Waals surface area (Å²) in [5, 5.41) is 8.91. The predicted molar refractivity (Wildman–Crippen MR) is 70.5 cm³/mol. The lowest BCUT2D eigenvalue weighted by Gasteiger charge is -2.20. The topological polar surface area (TPSA) is 74.7 Å². The highest BCUT2D eigenvalue weighted by molar-refractivity contribution is 7.89. The summed E-state index contributed by atoms with van der Waals surface area (Å²) >= 11 is 5.76. The van der Waals surface area contributed by atoms with Gasteiger partial charge in [-0.3, -0.25) is 4.79 Å². The van der Waals surface area contributed by atoms with E-state index in [2.05, 4.69) is 0 Å². The SMILES string of the molecule is CC1(C(=O)O)CCN(S(=O)(=O)c2ccc(F)cc2Cl)C1. The number of carboxylic acid groups (broad SMARTS) is 1. The zero-order chi connectivity index (χ0) is 15.1. The molecule has 8 heteroatoms. The third-order valence-electron chi connectivity index (χ3n) is 3.47. The first-order valence-corrected chi connectivity index (χ1v) is 7.67. The second kappa shape index (κ2) is 4.98. The van der Waals surface area contributed by atoms with E-state index < -0.39 is 27.2 Å². The van der Waals surface area contributed by atoms with Gasteiger partial charge >= 0.3 is 5.97 Å². The first kappa shape index (κ1) is 15.2. The van der Waals surface area contributed by atoms with E-state index in [4.69, 9.17) is 16.7 Å². The number of sulfonamides is 1. The Hall–Kier alpha value is -1.18. The van der Waals surface area contributed by atoms with Crippen molar-refractivity contribution in [1.82, 2.24) is 4.31 Å². The lowest BCUT2D eigenvalue weighted by atomic mass is 9.90. The molecule has 2 rings (SSSR count). The van der Waals surface area contributed by atoms with Crippen LogP contribution in [0.5, 0.6) is 0 Å². The first-order chi connectivity index (χ1) is 9.17. The van der Waals surface area contributed by atoms with Gasteiger partial charge in [0.2, 0.25) is 10.0 Å². The standard InChI is InChI=1S/C12H13ClFNO4S/c1-12(11(16)17)4-5-15(7-12)20(18,19)10-3-2-8(14)6-9(10)13/h2-3,6H,4-5,7H2,1H3,(H,16,17). The van der Waals surface area contributed by atoms with Crippen molar-refractivity contribution in [2.45, 2.75) is 18.2 Å². The third kappa shape index (κ3) is 2.53. The summed E-state index contributed by atoms with van der Waals surface area (Å²) in [6.45, 7) is 1.47. The molecule has 1 fully saturated rings. The number of hydrogen-bond donors (Lipinski definition) is 1. The molecule has 1 aliphatic rings. The van der Waals surface area contributed by atoms with Gasteiger partial charge in [-0.15, -0.1) is 0 Å². The molecule has 0 bridgehead atoms. The number of nitrogens with zero attached hydrogens (tertiary/aromatic N) is 1. The summed E-state index contributed by atoms with van der Waals surface area (Å²) in [5.74, 6) is -1.67. The molecule has 5 nitrogen and oxygen atoms in total. The molecule has 0 aliphatic carbocycles. The minimum atomic E-state index is -3.92. The maximum atomic E-state index is 13.0. The van der Waals surface area contributed by atoms with Gasteiger partial charge in [0.25, 0.3) is 0 Å². The van der Waals surface area contributed by atoms with E-state index in [1.165, 1.54) is 6.92 Å². The molecule has 1 aromatic rings. The molecule has 1 heterocycles. The van der Waals surface area contributed by atoms with Crippen molar-refractivity contribution < 1.29 is 22.7 Å². The maximum Gasteiger partial charge on any atom is 0.310 e. The van der Waals surface area contributed by atoms with Gasteiger partial charge in [0, 0.05) is 13.1 Å². The summed E-state index contributed by atoms with van der Waals surface area (Å²) in [5.41, 5.74) is -1.11. The number of carbonyl (C=O) groups is 1. The normalized spacial score (nSPS) is 23.9. The highest BCUT2D eigenvalue weighted by Gasteiger charge is 2.45. The Morgan fingerprint density at radius 3 is 2.65 bits per heavy atom. The molecule has 0 radical (unpaired) electrons. The molecule has 1 unspecified atom stereocenters. The van der Waals surface area contributed by atoms with E-state index in [1.54, 1.807) is 0 Å². The Balaban J connectivity index is 2.35. The molecular weight excluding hydrogens is 309 g/mol. The molecular formula is C12H13ClFNO4S. The highest BCUT2D eigenvalue weighted by atomic mass is 35.5. The van der Waals surface area contributed by atoms with Gasteiger partial charge < -0.3 is 5.11 Å². The Morgan fingerprint density at radius 2 is 2.15 bits per heavy atom. The summed E-state index contributed by atoms with van der Waals surface area (Å²) in [4.78, 5) is 10.9. The van der Waals surface area contributed by atoms with E-state index in [1.807, 2.05) is 0 Å². The molecule has 1 N–H and O–H groups in total. The van der Waals surface area contributed by atoms with E-state index in [0.29, 0.717) is 0 Å². The second-order valence-electron chi connectivity index (χ2n) is 5.03. The number of rotatable bonds is 3. The first-order valence-electron chi connectivity index (χ1n) is 5.85. The summed E-state index contributed by atoms with van der Waals surface area (Å²) in [7, 11) is -3.92. The zero-order valence-corrected chi connectivity index (χ0v) is 12.2. The van der Waals surface area contributed by atoms with Crippen LogP contribution in [0.25, 0.3) is 0 Å². The second-order valence-corrected chi connectivity index (χ2v) is 7.34. The van der Waals surface area contributed by atoms with Crippen LogP contribution in [0, 0.1) is 11.2 Å². The summed E-state index contributed by atoms with van der Waals surface area (Å²) in [6.07, 6.45) is 0.223. The quantitative estimate of drug-likeness (QED) is 0.923. The predicted octanol–water partition coefficient (Wildman–Crippen LogP) is 1.96. The number of halogens is 2. The molecule has 1 atom stereocenters. The zero-order valence-electron chi connectivity index (χ0n) is 10.6. The number of hydrogen-bond acceptors (Lipinski definition) is 3. The fourth-order valence-electron chi connectivity index (χ4n) is 2.12. The molecule has 0 aromatic heterocycles. The molecule has 1 saturated heterocycles. The van der Waals surface area contributed by atoms with Crippen LogP contribution in [0.3, 0.4) is 0 Å². The van der Waals surface area contributed by atoms with Crippen LogP contribution in [0.1, 0.15) is 13.3 Å². The minimum absolute atomic E-state index is 0.0961. The summed E-state index contributed by atoms with van der Waals surface area (Å²) < 4.78 is 38.8. The van der Waals surface area contributed by atoms with Crippen molar-refractivity contribution in [3.05, 3.63) is 29.0 Å². The molecule has 0 spiro atoms. The van der Waals surface area contributed by atoms with Gasteiger partial charge in [-0.25, -0.2) is 12.8 Å². The van der Waals surface area contributed by atoms with Crippen LogP contribution >= 0.6 is 11.6 Å². The van der Waals surface area contributed by atoms with E-state index in [0.717, 1.165) is 22.5 Å². The van der Waals surface area contributed by atoms with Gasteiger partial charge in [-0.2, -0.15) is 4.31 Å². The van der Waals surface area contributed by atoms with Gasteiger partial charge in [-0.05, 0) is 31.5 Å². The van der Waals surface area contributed by atoms with Crippen molar-refractivity contribution >= 4 is 27.6 Å². The van der Waals surface area contributed by atoms with Gasteiger partial charge in [0.05, 0.1) is 10.4 Å². The molecule has 110 valence electrons. The number of benzene rings is 1. The summed E-state index contributed by atoms with van der Waals surface area (Å²) in [6, 6.07) is 3.01. The average molecular weight is 322 g/mol. The van der Waals surface area contributed by atoms with Crippen LogP contribution in [0.15, 0.2) is 23.1 Å². The monoisotopic (exact) mass is 321 g/mol. The van der Waals surface area contributed by atoms with Gasteiger partial charge in [-0.1, -0.05) is 11.6 Å². The third-order valence-corrected chi connectivity index (χ3v) is 5.79. The van der Waals surface area contributed by atoms with E-state index in [-0.39, 0.29) is 29.4 Å². The lowest BCUT2D eigenvalue weighted by molar-refractivity contribution is -0.146. The largest absolute Gasteiger partial charge is 0.481 e.